The number of anilines is 2. The summed E-state index contributed by atoms with van der Waals surface area (Å²) in [6.07, 6.45) is 0. The Morgan fingerprint density at radius 3 is 2.32 bits per heavy atom. The fourth-order valence-corrected chi connectivity index (χ4v) is 2.08. The van der Waals surface area contributed by atoms with Gasteiger partial charge in [-0.05, 0) is 23.1 Å². The summed E-state index contributed by atoms with van der Waals surface area (Å²) in [6, 6.07) is 7.54. The maximum atomic E-state index is 12.0. The van der Waals surface area contributed by atoms with Crippen LogP contribution in [0.3, 0.4) is 0 Å². The van der Waals surface area contributed by atoms with Gasteiger partial charge in [0, 0.05) is 5.56 Å². The van der Waals surface area contributed by atoms with Crippen LogP contribution in [-0.2, 0) is 5.41 Å². The van der Waals surface area contributed by atoms with E-state index in [1.165, 1.54) is 5.56 Å². The Labute approximate surface area is 115 Å². The largest absolute Gasteiger partial charge is 0.374 e. The molecule has 1 heterocycles. The molecule has 6 heteroatoms. The molecule has 1 amide bonds. The Kier molecular flexibility index (Phi) is 3.53. The SMILES string of the molecule is CC(C)(C)c1ccc(C(=O)Nc2nnc(N)s2)cc1. The highest BCUT2D eigenvalue weighted by Gasteiger charge is 2.14. The number of nitrogen functional groups attached to an aromatic ring is 1. The molecule has 2 rings (SSSR count). The minimum absolute atomic E-state index is 0.0721. The summed E-state index contributed by atoms with van der Waals surface area (Å²) >= 11 is 1.14. The van der Waals surface area contributed by atoms with E-state index in [-0.39, 0.29) is 11.3 Å². The number of nitrogens with two attached hydrogens (primary N) is 1. The van der Waals surface area contributed by atoms with E-state index in [0.29, 0.717) is 15.8 Å². The predicted molar refractivity (Wildman–Crippen MR) is 77.4 cm³/mol. The van der Waals surface area contributed by atoms with Crippen LogP contribution in [0.2, 0.25) is 0 Å². The molecular formula is C13H16N4OS. The van der Waals surface area contributed by atoms with Crippen molar-refractivity contribution >= 4 is 27.5 Å². The lowest BCUT2D eigenvalue weighted by Crippen LogP contribution is -2.14. The maximum Gasteiger partial charge on any atom is 0.257 e. The van der Waals surface area contributed by atoms with E-state index in [4.69, 9.17) is 5.73 Å². The molecule has 2 aromatic rings. The second kappa shape index (κ2) is 4.97. The van der Waals surface area contributed by atoms with Gasteiger partial charge in [0.2, 0.25) is 10.3 Å². The van der Waals surface area contributed by atoms with Crippen LogP contribution in [0.15, 0.2) is 24.3 Å². The molecule has 5 nitrogen and oxygen atoms in total. The first kappa shape index (κ1) is 13.5. The van der Waals surface area contributed by atoms with Gasteiger partial charge < -0.3 is 5.73 Å². The summed E-state index contributed by atoms with van der Waals surface area (Å²) in [5, 5.41) is 10.8. The molecule has 1 aromatic heterocycles. The minimum Gasteiger partial charge on any atom is -0.374 e. The number of nitrogens with one attached hydrogen (secondary N) is 1. The second-order valence-electron chi connectivity index (χ2n) is 5.23. The zero-order valence-corrected chi connectivity index (χ0v) is 11.9. The number of benzene rings is 1. The van der Waals surface area contributed by atoms with E-state index < -0.39 is 0 Å². The topological polar surface area (TPSA) is 80.9 Å². The number of aromatic nitrogens is 2. The Morgan fingerprint density at radius 2 is 1.84 bits per heavy atom. The van der Waals surface area contributed by atoms with Gasteiger partial charge in [-0.15, -0.1) is 10.2 Å². The lowest BCUT2D eigenvalue weighted by molar-refractivity contribution is 0.102. The van der Waals surface area contributed by atoms with Gasteiger partial charge in [-0.25, -0.2) is 0 Å². The van der Waals surface area contributed by atoms with Gasteiger partial charge in [0.25, 0.3) is 5.91 Å². The number of rotatable bonds is 2. The number of carbonyl (C=O) groups excluding carboxylic acids is 1. The highest BCUT2D eigenvalue weighted by Crippen LogP contribution is 2.23. The first-order chi connectivity index (χ1) is 8.86. The fourth-order valence-electron chi connectivity index (χ4n) is 1.58. The summed E-state index contributed by atoms with van der Waals surface area (Å²) in [5.41, 5.74) is 7.30. The molecule has 0 radical (unpaired) electrons. The number of hydrogen-bond donors (Lipinski definition) is 2. The summed E-state index contributed by atoms with van der Waals surface area (Å²) in [5.74, 6) is -0.211. The van der Waals surface area contributed by atoms with E-state index in [1.54, 1.807) is 12.1 Å². The third-order valence-electron chi connectivity index (χ3n) is 2.67. The van der Waals surface area contributed by atoms with Crippen LogP contribution in [0.5, 0.6) is 0 Å². The van der Waals surface area contributed by atoms with Gasteiger partial charge in [-0.1, -0.05) is 44.2 Å². The fraction of sp³-hybridized carbons (Fsp3) is 0.308. The van der Waals surface area contributed by atoms with E-state index in [2.05, 4.69) is 36.3 Å². The Hall–Kier alpha value is -1.95. The molecule has 0 aliphatic heterocycles. The number of hydrogen-bond acceptors (Lipinski definition) is 5. The summed E-state index contributed by atoms with van der Waals surface area (Å²) < 4.78 is 0. The maximum absolute atomic E-state index is 12.0. The lowest BCUT2D eigenvalue weighted by Gasteiger charge is -2.18. The van der Waals surface area contributed by atoms with Gasteiger partial charge in [0.15, 0.2) is 0 Å². The summed E-state index contributed by atoms with van der Waals surface area (Å²) in [4.78, 5) is 12.0. The molecule has 0 fully saturated rings. The van der Waals surface area contributed by atoms with Crippen LogP contribution in [0, 0.1) is 0 Å². The first-order valence-corrected chi connectivity index (χ1v) is 6.69. The standard InChI is InChI=1S/C13H16N4OS/c1-13(2,3)9-6-4-8(5-7-9)10(18)15-12-17-16-11(14)19-12/h4-7H,1-3H3,(H2,14,16)(H,15,17,18). The van der Waals surface area contributed by atoms with Crippen LogP contribution in [0.25, 0.3) is 0 Å². The van der Waals surface area contributed by atoms with E-state index >= 15 is 0 Å². The Morgan fingerprint density at radius 1 is 1.21 bits per heavy atom. The number of carbonyl (C=O) groups is 1. The molecule has 0 unspecified atom stereocenters. The zero-order valence-electron chi connectivity index (χ0n) is 11.1. The molecule has 0 aliphatic carbocycles. The van der Waals surface area contributed by atoms with Crippen molar-refractivity contribution in [1.29, 1.82) is 0 Å². The normalized spacial score (nSPS) is 11.3. The lowest BCUT2D eigenvalue weighted by atomic mass is 9.87. The molecule has 0 saturated heterocycles. The Bertz CT molecular complexity index is 583. The molecule has 0 saturated carbocycles. The zero-order chi connectivity index (χ0) is 14.0. The van der Waals surface area contributed by atoms with Gasteiger partial charge in [0.1, 0.15) is 0 Å². The third kappa shape index (κ3) is 3.29. The summed E-state index contributed by atoms with van der Waals surface area (Å²) in [7, 11) is 0. The minimum atomic E-state index is -0.211. The van der Waals surface area contributed by atoms with Gasteiger partial charge in [-0.2, -0.15) is 0 Å². The van der Waals surface area contributed by atoms with Crippen molar-refractivity contribution < 1.29 is 4.79 Å². The first-order valence-electron chi connectivity index (χ1n) is 5.87. The van der Waals surface area contributed by atoms with Crippen molar-refractivity contribution in [1.82, 2.24) is 10.2 Å². The van der Waals surface area contributed by atoms with E-state index in [1.807, 2.05) is 12.1 Å². The molecule has 0 bridgehead atoms. The smallest absolute Gasteiger partial charge is 0.257 e. The second-order valence-corrected chi connectivity index (χ2v) is 6.24. The van der Waals surface area contributed by atoms with Crippen molar-refractivity contribution in [3.8, 4) is 0 Å². The van der Waals surface area contributed by atoms with E-state index in [0.717, 1.165) is 11.3 Å². The van der Waals surface area contributed by atoms with Crippen LogP contribution in [-0.4, -0.2) is 16.1 Å². The molecule has 19 heavy (non-hydrogen) atoms. The van der Waals surface area contributed by atoms with Crippen molar-refractivity contribution in [3.63, 3.8) is 0 Å². The molecule has 100 valence electrons. The average Bonchev–Trinajstić information content (AvgIpc) is 2.74. The van der Waals surface area contributed by atoms with Crippen LogP contribution in [0.4, 0.5) is 10.3 Å². The average molecular weight is 276 g/mol. The summed E-state index contributed by atoms with van der Waals surface area (Å²) in [6.45, 7) is 6.39. The van der Waals surface area contributed by atoms with Crippen LogP contribution >= 0.6 is 11.3 Å². The monoisotopic (exact) mass is 276 g/mol. The quantitative estimate of drug-likeness (QED) is 0.883. The Balaban J connectivity index is 2.12. The molecule has 3 N–H and O–H groups in total. The number of amides is 1. The van der Waals surface area contributed by atoms with Crippen molar-refractivity contribution in [3.05, 3.63) is 35.4 Å². The molecule has 0 spiro atoms. The molecule has 1 aromatic carbocycles. The molecular weight excluding hydrogens is 260 g/mol. The highest BCUT2D eigenvalue weighted by atomic mass is 32.1. The van der Waals surface area contributed by atoms with Crippen molar-refractivity contribution in [2.75, 3.05) is 11.1 Å². The van der Waals surface area contributed by atoms with Gasteiger partial charge in [-0.3, -0.25) is 10.1 Å². The van der Waals surface area contributed by atoms with Crippen LogP contribution in [0.1, 0.15) is 36.7 Å². The molecule has 0 atom stereocenters. The van der Waals surface area contributed by atoms with Crippen molar-refractivity contribution in [2.24, 2.45) is 0 Å². The third-order valence-corrected chi connectivity index (χ3v) is 3.34. The van der Waals surface area contributed by atoms with Crippen LogP contribution < -0.4 is 11.1 Å². The highest BCUT2D eigenvalue weighted by molar-refractivity contribution is 7.19. The van der Waals surface area contributed by atoms with Gasteiger partial charge >= 0.3 is 0 Å². The van der Waals surface area contributed by atoms with Gasteiger partial charge in [0.05, 0.1) is 0 Å². The van der Waals surface area contributed by atoms with Crippen molar-refractivity contribution in [2.45, 2.75) is 26.2 Å². The molecule has 0 aliphatic rings. The predicted octanol–water partition coefficient (Wildman–Crippen LogP) is 2.67. The number of nitrogens with zero attached hydrogens (tertiary/aromatic N) is 2. The van der Waals surface area contributed by atoms with E-state index in [9.17, 15) is 4.79 Å².